The van der Waals surface area contributed by atoms with Crippen molar-refractivity contribution in [3.63, 3.8) is 0 Å². The van der Waals surface area contributed by atoms with Crippen molar-refractivity contribution in [2.75, 3.05) is 12.0 Å². The molecule has 0 saturated carbocycles. The number of hydrogen-bond acceptors (Lipinski definition) is 2. The van der Waals surface area contributed by atoms with Crippen LogP contribution in [0.4, 0.5) is 0 Å². The maximum Gasteiger partial charge on any atom is 0.178 e. The predicted molar refractivity (Wildman–Crippen MR) is 50.5 cm³/mol. The Morgan fingerprint density at radius 2 is 2.40 bits per heavy atom. The first-order chi connectivity index (χ1) is 4.72. The van der Waals surface area contributed by atoms with Gasteiger partial charge in [-0.15, -0.1) is 0 Å². The van der Waals surface area contributed by atoms with Crippen LogP contribution in [-0.4, -0.2) is 26.0 Å². The van der Waals surface area contributed by atoms with Gasteiger partial charge in [0.1, 0.15) is 0 Å². The van der Waals surface area contributed by atoms with E-state index in [-0.39, 0.29) is 6.04 Å². The fourth-order valence-corrected chi connectivity index (χ4v) is 1.18. The van der Waals surface area contributed by atoms with E-state index in [1.54, 1.807) is 0 Å². The molecule has 0 heterocycles. The van der Waals surface area contributed by atoms with Crippen LogP contribution in [0.3, 0.4) is 0 Å². The third-order valence-electron chi connectivity index (χ3n) is 1.41. The summed E-state index contributed by atoms with van der Waals surface area (Å²) in [7, 11) is 5.29. The summed E-state index contributed by atoms with van der Waals surface area (Å²) in [5.74, 6) is 1.13. The van der Waals surface area contributed by atoms with Crippen LogP contribution in [0.25, 0.3) is 0 Å². The van der Waals surface area contributed by atoms with Gasteiger partial charge in [-0.25, -0.2) is 0 Å². The van der Waals surface area contributed by atoms with Crippen molar-refractivity contribution >= 4 is 19.7 Å². The fourth-order valence-electron chi connectivity index (χ4n) is 0.708. The predicted octanol–water partition coefficient (Wildman–Crippen LogP) is 1.36. The average molecular weight is 155 g/mol. The SMILES string of the molecule is [B]N[C@@H](CCSC)C(=C)C. The van der Waals surface area contributed by atoms with Crippen molar-refractivity contribution in [1.82, 2.24) is 5.23 Å². The van der Waals surface area contributed by atoms with Gasteiger partial charge < -0.3 is 5.23 Å². The lowest BCUT2D eigenvalue weighted by Crippen LogP contribution is -2.27. The zero-order chi connectivity index (χ0) is 7.98. The molecule has 1 N–H and O–H groups in total. The van der Waals surface area contributed by atoms with Crippen molar-refractivity contribution in [2.45, 2.75) is 19.4 Å². The van der Waals surface area contributed by atoms with Crippen molar-refractivity contribution in [3.8, 4) is 0 Å². The summed E-state index contributed by atoms with van der Waals surface area (Å²) in [6.45, 7) is 5.82. The van der Waals surface area contributed by atoms with E-state index < -0.39 is 0 Å². The molecule has 0 saturated heterocycles. The summed E-state index contributed by atoms with van der Waals surface area (Å²) in [6.07, 6.45) is 3.15. The average Bonchev–Trinajstić information content (AvgIpc) is 1.89. The van der Waals surface area contributed by atoms with E-state index in [1.165, 1.54) is 0 Å². The van der Waals surface area contributed by atoms with Crippen molar-refractivity contribution in [1.29, 1.82) is 0 Å². The molecule has 0 aliphatic heterocycles. The highest BCUT2D eigenvalue weighted by atomic mass is 32.2. The van der Waals surface area contributed by atoms with Crippen molar-refractivity contribution < 1.29 is 0 Å². The second kappa shape index (κ2) is 5.87. The molecule has 1 nitrogen and oxygen atoms in total. The van der Waals surface area contributed by atoms with E-state index in [4.69, 9.17) is 7.98 Å². The molecule has 10 heavy (non-hydrogen) atoms. The number of thioether (sulfide) groups is 1. The molecular weight excluding hydrogens is 141 g/mol. The molecule has 0 amide bonds. The molecule has 56 valence electrons. The van der Waals surface area contributed by atoms with Crippen LogP contribution in [0.2, 0.25) is 0 Å². The molecule has 1 atom stereocenters. The van der Waals surface area contributed by atoms with Gasteiger partial charge in [0.15, 0.2) is 7.98 Å². The second-order valence-corrected chi connectivity index (χ2v) is 3.33. The van der Waals surface area contributed by atoms with Crippen LogP contribution in [0.5, 0.6) is 0 Å². The largest absolute Gasteiger partial charge is 0.360 e. The lowest BCUT2D eigenvalue weighted by molar-refractivity contribution is 0.695. The van der Waals surface area contributed by atoms with Gasteiger partial charge in [0.25, 0.3) is 0 Å². The quantitative estimate of drug-likeness (QED) is 0.475. The van der Waals surface area contributed by atoms with Gasteiger partial charge in [-0.05, 0) is 25.4 Å². The van der Waals surface area contributed by atoms with Crippen molar-refractivity contribution in [3.05, 3.63) is 12.2 Å². The molecule has 0 aromatic carbocycles. The summed E-state index contributed by atoms with van der Waals surface area (Å²) >= 11 is 1.83. The standard InChI is InChI=1S/C7H14BNS/c1-6(2)7(9-8)4-5-10-3/h7,9H,1,4-5H2,2-3H3/t7-/m0/s1. The van der Waals surface area contributed by atoms with E-state index in [2.05, 4.69) is 18.1 Å². The molecule has 3 heteroatoms. The zero-order valence-corrected chi connectivity index (χ0v) is 7.50. The molecule has 2 radical (unpaired) electrons. The highest BCUT2D eigenvalue weighted by Gasteiger charge is 2.03. The Hall–Kier alpha value is 0.115. The summed E-state index contributed by atoms with van der Waals surface area (Å²) in [5.41, 5.74) is 1.11. The minimum atomic E-state index is 0.285. The second-order valence-electron chi connectivity index (χ2n) is 2.35. The summed E-state index contributed by atoms with van der Waals surface area (Å²) in [6, 6.07) is 0.285. The lowest BCUT2D eigenvalue weighted by atomic mass is 10.1. The maximum atomic E-state index is 5.29. The Labute approximate surface area is 69.1 Å². The zero-order valence-electron chi connectivity index (χ0n) is 6.68. The highest BCUT2D eigenvalue weighted by molar-refractivity contribution is 7.98. The smallest absolute Gasteiger partial charge is 0.178 e. The van der Waals surface area contributed by atoms with E-state index >= 15 is 0 Å². The minimum absolute atomic E-state index is 0.285. The maximum absolute atomic E-state index is 5.29. The molecule has 0 aromatic rings. The van der Waals surface area contributed by atoms with Gasteiger partial charge in [-0.2, -0.15) is 11.8 Å². The number of nitrogens with one attached hydrogen (secondary N) is 1. The van der Waals surface area contributed by atoms with Crippen LogP contribution in [0.1, 0.15) is 13.3 Å². The third kappa shape index (κ3) is 4.02. The molecule has 0 fully saturated rings. The molecule has 0 aromatic heterocycles. The van der Waals surface area contributed by atoms with E-state index in [9.17, 15) is 0 Å². The fraction of sp³-hybridized carbons (Fsp3) is 0.714. The monoisotopic (exact) mass is 155 g/mol. The van der Waals surface area contributed by atoms with Crippen LogP contribution in [0.15, 0.2) is 12.2 Å². The number of rotatable bonds is 5. The van der Waals surface area contributed by atoms with Gasteiger partial charge in [0.05, 0.1) is 0 Å². The molecule has 0 bridgehead atoms. The summed E-state index contributed by atoms with van der Waals surface area (Å²) in [4.78, 5) is 0. The topological polar surface area (TPSA) is 12.0 Å². The van der Waals surface area contributed by atoms with Gasteiger partial charge in [-0.1, -0.05) is 12.2 Å². The molecule has 0 aliphatic carbocycles. The van der Waals surface area contributed by atoms with Crippen LogP contribution in [0, 0.1) is 0 Å². The third-order valence-corrected chi connectivity index (χ3v) is 2.05. The van der Waals surface area contributed by atoms with E-state index in [0.29, 0.717) is 0 Å². The Morgan fingerprint density at radius 1 is 1.80 bits per heavy atom. The van der Waals surface area contributed by atoms with Crippen LogP contribution >= 0.6 is 11.8 Å². The Kier molecular flexibility index (Phi) is 5.93. The summed E-state index contributed by atoms with van der Waals surface area (Å²) < 4.78 is 0. The van der Waals surface area contributed by atoms with E-state index in [1.807, 2.05) is 18.7 Å². The van der Waals surface area contributed by atoms with Crippen LogP contribution < -0.4 is 5.23 Å². The molecule has 0 rings (SSSR count). The normalized spacial score (nSPS) is 13.0. The Morgan fingerprint density at radius 3 is 2.70 bits per heavy atom. The minimum Gasteiger partial charge on any atom is -0.360 e. The Bertz CT molecular complexity index is 106. The Balaban J connectivity index is 3.50. The van der Waals surface area contributed by atoms with Crippen molar-refractivity contribution in [2.24, 2.45) is 0 Å². The lowest BCUT2D eigenvalue weighted by Gasteiger charge is -2.15. The van der Waals surface area contributed by atoms with E-state index in [0.717, 1.165) is 17.7 Å². The van der Waals surface area contributed by atoms with Gasteiger partial charge in [-0.3, -0.25) is 0 Å². The molecular formula is C7H14BNS. The summed E-state index contributed by atoms with van der Waals surface area (Å²) in [5, 5.41) is 2.72. The first kappa shape index (κ1) is 10.1. The molecule has 0 unspecified atom stereocenters. The number of hydrogen-bond donors (Lipinski definition) is 1. The first-order valence-corrected chi connectivity index (χ1v) is 4.72. The highest BCUT2D eigenvalue weighted by Crippen LogP contribution is 2.06. The molecule has 0 spiro atoms. The van der Waals surface area contributed by atoms with Gasteiger partial charge >= 0.3 is 0 Å². The first-order valence-electron chi connectivity index (χ1n) is 3.32. The van der Waals surface area contributed by atoms with Gasteiger partial charge in [0, 0.05) is 6.04 Å². The van der Waals surface area contributed by atoms with Gasteiger partial charge in [0.2, 0.25) is 0 Å². The van der Waals surface area contributed by atoms with Crippen LogP contribution in [-0.2, 0) is 0 Å². The molecule has 0 aliphatic rings.